The highest BCUT2D eigenvalue weighted by Crippen LogP contribution is 2.30. The summed E-state index contributed by atoms with van der Waals surface area (Å²) in [7, 11) is -4.37. The molecule has 0 aliphatic carbocycles. The van der Waals surface area contributed by atoms with Crippen molar-refractivity contribution < 1.29 is 30.4 Å². The Bertz CT molecular complexity index is 904. The number of hydrogen-bond donors (Lipinski definition) is 0. The largest absolute Gasteiger partial charge is 0.417 e. The van der Waals surface area contributed by atoms with Crippen molar-refractivity contribution in [3.8, 4) is 0 Å². The first kappa shape index (κ1) is 19.5. The molecule has 1 fully saturated rings. The molecule has 1 aromatic heterocycles. The van der Waals surface area contributed by atoms with Gasteiger partial charge < -0.3 is 4.90 Å². The molecule has 0 radical (unpaired) electrons. The molecule has 1 saturated heterocycles. The molecule has 0 atom stereocenters. The minimum Gasteiger partial charge on any atom is -0.354 e. The van der Waals surface area contributed by atoms with Crippen LogP contribution in [0, 0.1) is 11.6 Å². The van der Waals surface area contributed by atoms with Crippen molar-refractivity contribution in [2.45, 2.75) is 11.1 Å². The molecular formula is C16H14F5N3O2S. The number of piperazine rings is 1. The van der Waals surface area contributed by atoms with Crippen molar-refractivity contribution in [2.75, 3.05) is 31.1 Å². The summed E-state index contributed by atoms with van der Waals surface area (Å²) in [5.74, 6) is -2.10. The quantitative estimate of drug-likeness (QED) is 0.735. The Balaban J connectivity index is 1.73. The van der Waals surface area contributed by atoms with Crippen LogP contribution in [0.5, 0.6) is 0 Å². The summed E-state index contributed by atoms with van der Waals surface area (Å²) in [6, 6.07) is 4.87. The van der Waals surface area contributed by atoms with E-state index < -0.39 is 38.3 Å². The van der Waals surface area contributed by atoms with Crippen LogP contribution in [0.4, 0.5) is 27.8 Å². The average molecular weight is 407 g/mol. The van der Waals surface area contributed by atoms with Gasteiger partial charge in [0.15, 0.2) is 4.90 Å². The zero-order chi connectivity index (χ0) is 19.8. The van der Waals surface area contributed by atoms with E-state index in [2.05, 4.69) is 4.98 Å². The van der Waals surface area contributed by atoms with E-state index in [9.17, 15) is 30.4 Å². The fourth-order valence-corrected chi connectivity index (χ4v) is 4.29. The molecule has 1 aliphatic heterocycles. The van der Waals surface area contributed by atoms with Gasteiger partial charge in [-0.2, -0.15) is 17.5 Å². The third kappa shape index (κ3) is 3.88. The summed E-state index contributed by atoms with van der Waals surface area (Å²) in [6.07, 6.45) is -3.80. The van der Waals surface area contributed by atoms with Gasteiger partial charge in [-0.3, -0.25) is 0 Å². The van der Waals surface area contributed by atoms with E-state index in [-0.39, 0.29) is 32.0 Å². The van der Waals surface area contributed by atoms with E-state index in [1.54, 1.807) is 4.90 Å². The highest BCUT2D eigenvalue weighted by Gasteiger charge is 2.34. The van der Waals surface area contributed by atoms with Crippen LogP contribution in [-0.4, -0.2) is 43.9 Å². The number of sulfonamides is 1. The Labute approximate surface area is 152 Å². The van der Waals surface area contributed by atoms with Crippen LogP contribution in [0.25, 0.3) is 0 Å². The van der Waals surface area contributed by atoms with Gasteiger partial charge in [0.2, 0.25) is 10.0 Å². The second-order valence-electron chi connectivity index (χ2n) is 5.84. The number of aromatic nitrogens is 1. The SMILES string of the molecule is O=S(=O)(c1c(F)cccc1F)N1CCN(c2ccc(C(F)(F)F)cn2)CC1. The second kappa shape index (κ2) is 7.04. The van der Waals surface area contributed by atoms with E-state index in [0.717, 1.165) is 28.6 Å². The fraction of sp³-hybridized carbons (Fsp3) is 0.312. The van der Waals surface area contributed by atoms with Crippen LogP contribution in [0.1, 0.15) is 5.56 Å². The van der Waals surface area contributed by atoms with Gasteiger partial charge in [-0.25, -0.2) is 22.2 Å². The zero-order valence-corrected chi connectivity index (χ0v) is 14.6. The van der Waals surface area contributed by atoms with Crippen LogP contribution in [0.2, 0.25) is 0 Å². The number of benzene rings is 1. The lowest BCUT2D eigenvalue weighted by atomic mass is 10.2. The predicted molar refractivity (Wildman–Crippen MR) is 86.6 cm³/mol. The van der Waals surface area contributed by atoms with Gasteiger partial charge in [0.25, 0.3) is 0 Å². The molecule has 146 valence electrons. The van der Waals surface area contributed by atoms with E-state index in [1.807, 2.05) is 0 Å². The van der Waals surface area contributed by atoms with E-state index in [4.69, 9.17) is 0 Å². The molecule has 0 spiro atoms. The first-order chi connectivity index (χ1) is 12.6. The van der Waals surface area contributed by atoms with Gasteiger partial charge >= 0.3 is 6.18 Å². The van der Waals surface area contributed by atoms with Crippen LogP contribution in [-0.2, 0) is 16.2 Å². The highest BCUT2D eigenvalue weighted by atomic mass is 32.2. The maximum atomic E-state index is 13.8. The molecule has 3 rings (SSSR count). The first-order valence-electron chi connectivity index (χ1n) is 7.83. The predicted octanol–water partition coefficient (Wildman–Crippen LogP) is 2.89. The summed E-state index contributed by atoms with van der Waals surface area (Å²) in [5, 5.41) is 0. The van der Waals surface area contributed by atoms with Gasteiger partial charge in [-0.1, -0.05) is 6.07 Å². The number of nitrogens with zero attached hydrogens (tertiary/aromatic N) is 3. The molecular weight excluding hydrogens is 393 g/mol. The molecule has 0 N–H and O–H groups in total. The minimum atomic E-state index is -4.50. The topological polar surface area (TPSA) is 53.5 Å². The normalized spacial score (nSPS) is 16.6. The molecule has 0 unspecified atom stereocenters. The molecule has 2 heterocycles. The second-order valence-corrected chi connectivity index (χ2v) is 7.72. The van der Waals surface area contributed by atoms with E-state index in [1.165, 1.54) is 6.07 Å². The number of alkyl halides is 3. The lowest BCUT2D eigenvalue weighted by Gasteiger charge is -2.34. The Kier molecular flexibility index (Phi) is 5.08. The average Bonchev–Trinajstić information content (AvgIpc) is 2.61. The van der Waals surface area contributed by atoms with Crippen molar-refractivity contribution in [2.24, 2.45) is 0 Å². The highest BCUT2D eigenvalue weighted by molar-refractivity contribution is 7.89. The van der Waals surface area contributed by atoms with Crippen LogP contribution >= 0.6 is 0 Å². The lowest BCUT2D eigenvalue weighted by molar-refractivity contribution is -0.137. The Hall–Kier alpha value is -2.27. The van der Waals surface area contributed by atoms with Gasteiger partial charge in [0.05, 0.1) is 5.56 Å². The van der Waals surface area contributed by atoms with Gasteiger partial charge in [-0.05, 0) is 24.3 Å². The number of halogens is 5. The maximum Gasteiger partial charge on any atom is 0.417 e. The van der Waals surface area contributed by atoms with Crippen molar-refractivity contribution in [1.82, 2.24) is 9.29 Å². The number of hydrogen-bond acceptors (Lipinski definition) is 4. The van der Waals surface area contributed by atoms with Crippen LogP contribution in [0.3, 0.4) is 0 Å². The van der Waals surface area contributed by atoms with Gasteiger partial charge in [-0.15, -0.1) is 0 Å². The van der Waals surface area contributed by atoms with Crippen molar-refractivity contribution in [3.05, 3.63) is 53.7 Å². The molecule has 11 heteroatoms. The fourth-order valence-electron chi connectivity index (χ4n) is 2.76. The van der Waals surface area contributed by atoms with Gasteiger partial charge in [0.1, 0.15) is 17.5 Å². The first-order valence-corrected chi connectivity index (χ1v) is 9.27. The summed E-state index contributed by atoms with van der Waals surface area (Å²) >= 11 is 0. The Morgan fingerprint density at radius 2 is 1.52 bits per heavy atom. The molecule has 2 aromatic rings. The smallest absolute Gasteiger partial charge is 0.354 e. The third-order valence-electron chi connectivity index (χ3n) is 4.15. The van der Waals surface area contributed by atoms with Gasteiger partial charge in [0, 0.05) is 32.4 Å². The number of pyridine rings is 1. The standard InChI is InChI=1S/C16H14F5N3O2S/c17-12-2-1-3-13(18)15(12)27(25,26)24-8-6-23(7-9-24)14-5-4-11(10-22-14)16(19,20)21/h1-5,10H,6-9H2. The molecule has 27 heavy (non-hydrogen) atoms. The Morgan fingerprint density at radius 3 is 2.00 bits per heavy atom. The molecule has 5 nitrogen and oxygen atoms in total. The summed E-state index contributed by atoms with van der Waals surface area (Å²) in [5.41, 5.74) is -0.887. The third-order valence-corrected chi connectivity index (χ3v) is 6.11. The summed E-state index contributed by atoms with van der Waals surface area (Å²) in [6.45, 7) is 0.0684. The van der Waals surface area contributed by atoms with E-state index in [0.29, 0.717) is 6.20 Å². The van der Waals surface area contributed by atoms with Crippen molar-refractivity contribution >= 4 is 15.8 Å². The Morgan fingerprint density at radius 1 is 0.926 bits per heavy atom. The van der Waals surface area contributed by atoms with E-state index >= 15 is 0 Å². The lowest BCUT2D eigenvalue weighted by Crippen LogP contribution is -2.49. The maximum absolute atomic E-state index is 13.8. The summed E-state index contributed by atoms with van der Waals surface area (Å²) in [4.78, 5) is 4.35. The molecule has 0 saturated carbocycles. The molecule has 1 aliphatic rings. The molecule has 0 bridgehead atoms. The minimum absolute atomic E-state index is 0.0845. The van der Waals surface area contributed by atoms with Crippen LogP contribution in [0.15, 0.2) is 41.4 Å². The molecule has 0 amide bonds. The van der Waals surface area contributed by atoms with Crippen molar-refractivity contribution in [1.29, 1.82) is 0 Å². The molecule has 1 aromatic carbocycles. The number of anilines is 1. The zero-order valence-electron chi connectivity index (χ0n) is 13.7. The van der Waals surface area contributed by atoms with Crippen molar-refractivity contribution in [3.63, 3.8) is 0 Å². The number of rotatable bonds is 3. The van der Waals surface area contributed by atoms with Crippen LogP contribution < -0.4 is 4.90 Å². The summed E-state index contributed by atoms with van der Waals surface area (Å²) < 4.78 is 91.4. The monoisotopic (exact) mass is 407 g/mol.